The molecule has 0 atom stereocenters. The van der Waals surface area contributed by atoms with Crippen molar-refractivity contribution >= 4 is 28.5 Å². The van der Waals surface area contributed by atoms with Crippen LogP contribution in [0.25, 0.3) is 11.0 Å². The van der Waals surface area contributed by atoms with Gasteiger partial charge in [-0.3, -0.25) is 4.79 Å². The van der Waals surface area contributed by atoms with Crippen LogP contribution in [0.4, 0.5) is 0 Å². The predicted octanol–water partition coefficient (Wildman–Crippen LogP) is 1.94. The molecule has 1 amide bonds. The van der Waals surface area contributed by atoms with Crippen LogP contribution in [0.3, 0.4) is 0 Å². The van der Waals surface area contributed by atoms with Crippen LogP contribution in [-0.2, 0) is 0 Å². The van der Waals surface area contributed by atoms with Crippen molar-refractivity contribution in [3.63, 3.8) is 0 Å². The van der Waals surface area contributed by atoms with E-state index in [1.54, 1.807) is 19.1 Å². The topological polar surface area (TPSA) is 82.5 Å². The first-order valence-electron chi connectivity index (χ1n) is 5.23. The number of benzene rings is 1. The Kier molecular flexibility index (Phi) is 3.25. The highest BCUT2D eigenvalue weighted by molar-refractivity contribution is 6.31. The zero-order valence-electron chi connectivity index (χ0n) is 9.53. The molecule has 0 aliphatic rings. The van der Waals surface area contributed by atoms with Crippen molar-refractivity contribution in [2.45, 2.75) is 6.92 Å². The highest BCUT2D eigenvalue weighted by Crippen LogP contribution is 2.29. The lowest BCUT2D eigenvalue weighted by molar-refractivity contribution is 0.0997. The first kappa shape index (κ1) is 12.4. The second kappa shape index (κ2) is 4.70. The normalized spacial score (nSPS) is 10.6. The summed E-state index contributed by atoms with van der Waals surface area (Å²) in [6, 6.07) is 4.45. The number of ether oxygens (including phenoxy) is 1. The first-order valence-corrected chi connectivity index (χ1v) is 5.60. The number of primary amides is 1. The summed E-state index contributed by atoms with van der Waals surface area (Å²) in [5, 5.41) is 0.898. The van der Waals surface area contributed by atoms with Crippen molar-refractivity contribution in [3.05, 3.63) is 39.2 Å². The van der Waals surface area contributed by atoms with Crippen LogP contribution in [-0.4, -0.2) is 12.5 Å². The summed E-state index contributed by atoms with van der Waals surface area (Å²) in [5.41, 5.74) is 4.31. The molecule has 94 valence electrons. The number of nitrogens with two attached hydrogens (primary N) is 1. The SMILES string of the molecule is CCOc1cc(Cl)cc2cc(C(N)=O)c(=O)oc12. The molecule has 1 heterocycles. The maximum atomic E-state index is 11.6. The van der Waals surface area contributed by atoms with Gasteiger partial charge in [0.25, 0.3) is 5.91 Å². The molecular weight excluding hydrogens is 258 g/mol. The summed E-state index contributed by atoms with van der Waals surface area (Å²) in [6.07, 6.45) is 0. The maximum absolute atomic E-state index is 11.6. The molecule has 1 aromatic carbocycles. The second-order valence-corrected chi connectivity index (χ2v) is 4.00. The van der Waals surface area contributed by atoms with Gasteiger partial charge in [0.2, 0.25) is 0 Å². The van der Waals surface area contributed by atoms with Crippen molar-refractivity contribution in [3.8, 4) is 5.75 Å². The van der Waals surface area contributed by atoms with E-state index in [0.29, 0.717) is 22.8 Å². The number of fused-ring (bicyclic) bond motifs is 1. The van der Waals surface area contributed by atoms with Crippen molar-refractivity contribution in [2.24, 2.45) is 5.73 Å². The summed E-state index contributed by atoms with van der Waals surface area (Å²) in [5.74, 6) is -0.489. The highest BCUT2D eigenvalue weighted by atomic mass is 35.5. The fourth-order valence-corrected chi connectivity index (χ4v) is 1.82. The summed E-state index contributed by atoms with van der Waals surface area (Å²) in [6.45, 7) is 2.19. The first-order chi connectivity index (χ1) is 8.52. The molecule has 0 fully saturated rings. The monoisotopic (exact) mass is 267 g/mol. The van der Waals surface area contributed by atoms with Gasteiger partial charge < -0.3 is 14.9 Å². The van der Waals surface area contributed by atoms with Crippen LogP contribution in [0.2, 0.25) is 5.02 Å². The standard InChI is InChI=1S/C12H10ClNO4/c1-2-17-9-5-7(13)3-6-4-8(11(14)15)12(16)18-10(6)9/h3-5H,2H2,1H3,(H2,14,15). The number of halogens is 1. The molecule has 2 N–H and O–H groups in total. The molecular formula is C12H10ClNO4. The Labute approximate surface area is 107 Å². The van der Waals surface area contributed by atoms with Crippen LogP contribution in [0.1, 0.15) is 17.3 Å². The fourth-order valence-electron chi connectivity index (χ4n) is 1.60. The Morgan fingerprint density at radius 1 is 1.44 bits per heavy atom. The third kappa shape index (κ3) is 2.17. The summed E-state index contributed by atoms with van der Waals surface area (Å²) in [7, 11) is 0. The minimum atomic E-state index is -0.844. The van der Waals surface area contributed by atoms with Gasteiger partial charge in [0, 0.05) is 16.5 Å². The molecule has 0 unspecified atom stereocenters. The zero-order chi connectivity index (χ0) is 13.3. The smallest absolute Gasteiger partial charge is 0.349 e. The number of carbonyl (C=O) groups is 1. The van der Waals surface area contributed by atoms with E-state index < -0.39 is 11.5 Å². The van der Waals surface area contributed by atoms with Crippen LogP contribution in [0.5, 0.6) is 5.75 Å². The number of hydrogen-bond donors (Lipinski definition) is 1. The van der Waals surface area contributed by atoms with E-state index in [1.165, 1.54) is 6.07 Å². The van der Waals surface area contributed by atoms with E-state index in [2.05, 4.69) is 0 Å². The molecule has 0 spiro atoms. The molecule has 5 nitrogen and oxygen atoms in total. The average Bonchev–Trinajstić information content (AvgIpc) is 2.29. The van der Waals surface area contributed by atoms with E-state index in [0.717, 1.165) is 0 Å². The predicted molar refractivity (Wildman–Crippen MR) is 67.2 cm³/mol. The van der Waals surface area contributed by atoms with Gasteiger partial charge in [0.05, 0.1) is 6.61 Å². The Bertz CT molecular complexity index is 678. The average molecular weight is 268 g/mol. The number of carbonyl (C=O) groups excluding carboxylic acids is 1. The third-order valence-corrected chi connectivity index (χ3v) is 2.55. The van der Waals surface area contributed by atoms with E-state index in [4.69, 9.17) is 26.5 Å². The third-order valence-electron chi connectivity index (χ3n) is 2.33. The Morgan fingerprint density at radius 2 is 2.17 bits per heavy atom. The van der Waals surface area contributed by atoms with Crippen molar-refractivity contribution in [1.82, 2.24) is 0 Å². The van der Waals surface area contributed by atoms with Crippen LogP contribution < -0.4 is 16.1 Å². The minimum absolute atomic E-state index is 0.216. The van der Waals surface area contributed by atoms with Crippen molar-refractivity contribution in [2.75, 3.05) is 6.61 Å². The highest BCUT2D eigenvalue weighted by Gasteiger charge is 2.14. The van der Waals surface area contributed by atoms with Crippen molar-refractivity contribution in [1.29, 1.82) is 0 Å². The second-order valence-electron chi connectivity index (χ2n) is 3.57. The molecule has 2 aromatic rings. The summed E-state index contributed by atoms with van der Waals surface area (Å²) >= 11 is 5.92. The number of rotatable bonds is 3. The number of hydrogen-bond acceptors (Lipinski definition) is 4. The van der Waals surface area contributed by atoms with E-state index in [9.17, 15) is 9.59 Å². The van der Waals surface area contributed by atoms with Gasteiger partial charge in [-0.1, -0.05) is 11.6 Å². The van der Waals surface area contributed by atoms with Gasteiger partial charge in [0.1, 0.15) is 5.56 Å². The molecule has 0 bridgehead atoms. The van der Waals surface area contributed by atoms with Gasteiger partial charge in [-0.15, -0.1) is 0 Å². The lowest BCUT2D eigenvalue weighted by Crippen LogP contribution is -2.20. The molecule has 18 heavy (non-hydrogen) atoms. The molecule has 0 aliphatic heterocycles. The Morgan fingerprint density at radius 3 is 2.78 bits per heavy atom. The molecule has 2 rings (SSSR count). The van der Waals surface area contributed by atoms with Gasteiger partial charge in [0.15, 0.2) is 11.3 Å². The summed E-state index contributed by atoms with van der Waals surface area (Å²) in [4.78, 5) is 22.6. The van der Waals surface area contributed by atoms with Gasteiger partial charge in [-0.05, 0) is 19.1 Å². The minimum Gasteiger partial charge on any atom is -0.490 e. The van der Waals surface area contributed by atoms with Crippen molar-refractivity contribution < 1.29 is 13.9 Å². The van der Waals surface area contributed by atoms with Gasteiger partial charge in [-0.25, -0.2) is 4.79 Å². The molecule has 0 saturated carbocycles. The Hall–Kier alpha value is -2.01. The molecule has 0 radical (unpaired) electrons. The van der Waals surface area contributed by atoms with Gasteiger partial charge in [-0.2, -0.15) is 0 Å². The lowest BCUT2D eigenvalue weighted by atomic mass is 10.1. The summed E-state index contributed by atoms with van der Waals surface area (Å²) < 4.78 is 10.4. The van der Waals surface area contributed by atoms with E-state index in [1.807, 2.05) is 0 Å². The van der Waals surface area contributed by atoms with Crippen LogP contribution in [0.15, 0.2) is 27.4 Å². The fraction of sp³-hybridized carbons (Fsp3) is 0.167. The lowest BCUT2D eigenvalue weighted by Gasteiger charge is -2.07. The Balaban J connectivity index is 2.79. The molecule has 1 aromatic heterocycles. The largest absolute Gasteiger partial charge is 0.490 e. The van der Waals surface area contributed by atoms with Crippen LogP contribution >= 0.6 is 11.6 Å². The molecule has 6 heteroatoms. The van der Waals surface area contributed by atoms with Crippen LogP contribution in [0, 0.1) is 0 Å². The maximum Gasteiger partial charge on any atom is 0.349 e. The molecule has 0 aliphatic carbocycles. The zero-order valence-corrected chi connectivity index (χ0v) is 10.3. The van der Waals surface area contributed by atoms with E-state index >= 15 is 0 Å². The quantitative estimate of drug-likeness (QED) is 0.862. The van der Waals surface area contributed by atoms with E-state index in [-0.39, 0.29) is 11.1 Å². The molecule has 0 saturated heterocycles. The number of amides is 1. The van der Waals surface area contributed by atoms with Gasteiger partial charge >= 0.3 is 5.63 Å².